The van der Waals surface area contributed by atoms with E-state index in [9.17, 15) is 0 Å². The van der Waals surface area contributed by atoms with E-state index < -0.39 is 0 Å². The first kappa shape index (κ1) is 36.6. The SMILES string of the molecule is c1cc(-c2cc(N(c3ccccc3-c3cccc4oc5ccccc5c34)c3cc4ccccc4c4ccccc34)cc3c2oc2ccccc23)cc(-n2c3ccccc3c3ccccc32)c1. The molecule has 3 heterocycles. The lowest BCUT2D eigenvalue weighted by Crippen LogP contribution is -2.12. The second-order valence-corrected chi connectivity index (χ2v) is 17.2. The van der Waals surface area contributed by atoms with Crippen LogP contribution in [0.4, 0.5) is 17.1 Å². The molecule has 14 aromatic rings. The Morgan fingerprint density at radius 2 is 0.924 bits per heavy atom. The van der Waals surface area contributed by atoms with Crippen molar-refractivity contribution < 1.29 is 8.83 Å². The van der Waals surface area contributed by atoms with E-state index in [1.807, 2.05) is 6.07 Å². The van der Waals surface area contributed by atoms with Gasteiger partial charge in [0.15, 0.2) is 0 Å². The Hall–Kier alpha value is -8.86. The summed E-state index contributed by atoms with van der Waals surface area (Å²) >= 11 is 0. The molecule has 0 aliphatic carbocycles. The quantitative estimate of drug-likeness (QED) is 0.156. The van der Waals surface area contributed by atoms with Crippen LogP contribution < -0.4 is 4.90 Å². The number of rotatable bonds is 6. The van der Waals surface area contributed by atoms with Crippen molar-refractivity contribution in [2.45, 2.75) is 0 Å². The molecule has 0 radical (unpaired) electrons. The molecule has 0 unspecified atom stereocenters. The molecule has 0 saturated heterocycles. The number of hydrogen-bond donors (Lipinski definition) is 0. The highest BCUT2D eigenvalue weighted by Crippen LogP contribution is 2.50. The first-order valence-corrected chi connectivity index (χ1v) is 22.5. The van der Waals surface area contributed by atoms with Crippen molar-refractivity contribution in [2.75, 3.05) is 4.90 Å². The van der Waals surface area contributed by atoms with Crippen molar-refractivity contribution in [3.63, 3.8) is 0 Å². The van der Waals surface area contributed by atoms with E-state index in [4.69, 9.17) is 8.83 Å². The summed E-state index contributed by atoms with van der Waals surface area (Å²) in [6, 6.07) is 82.9. The molecular weight excluding hydrogens is 805 g/mol. The van der Waals surface area contributed by atoms with Gasteiger partial charge < -0.3 is 18.3 Å². The molecule has 4 nitrogen and oxygen atoms in total. The summed E-state index contributed by atoms with van der Waals surface area (Å²) < 4.78 is 15.8. The fourth-order valence-electron chi connectivity index (χ4n) is 10.7. The monoisotopic (exact) mass is 842 g/mol. The molecule has 0 atom stereocenters. The molecule has 0 saturated carbocycles. The van der Waals surface area contributed by atoms with E-state index in [0.29, 0.717) is 0 Å². The van der Waals surface area contributed by atoms with Crippen LogP contribution in [-0.2, 0) is 0 Å². The highest BCUT2D eigenvalue weighted by molar-refractivity contribution is 6.19. The van der Waals surface area contributed by atoms with E-state index in [-0.39, 0.29) is 0 Å². The summed E-state index contributed by atoms with van der Waals surface area (Å²) in [7, 11) is 0. The zero-order valence-electron chi connectivity index (χ0n) is 35.7. The lowest BCUT2D eigenvalue weighted by atomic mass is 9.94. The van der Waals surface area contributed by atoms with Gasteiger partial charge in [-0.25, -0.2) is 0 Å². The second-order valence-electron chi connectivity index (χ2n) is 17.2. The highest BCUT2D eigenvalue weighted by Gasteiger charge is 2.25. The Balaban J connectivity index is 1.08. The summed E-state index contributed by atoms with van der Waals surface area (Å²) in [6.07, 6.45) is 0. The normalized spacial score (nSPS) is 11.9. The molecule has 0 N–H and O–H groups in total. The lowest BCUT2D eigenvalue weighted by molar-refractivity contribution is 0.669. The number of anilines is 3. The van der Waals surface area contributed by atoms with Gasteiger partial charge in [-0.1, -0.05) is 164 Å². The summed E-state index contributed by atoms with van der Waals surface area (Å²) in [4.78, 5) is 2.48. The molecule has 0 spiro atoms. The topological polar surface area (TPSA) is 34.5 Å². The smallest absolute Gasteiger partial charge is 0.143 e. The van der Waals surface area contributed by atoms with E-state index >= 15 is 0 Å². The molecule has 0 amide bonds. The first-order valence-electron chi connectivity index (χ1n) is 22.5. The van der Waals surface area contributed by atoms with Crippen LogP contribution in [-0.4, -0.2) is 4.57 Å². The largest absolute Gasteiger partial charge is 0.456 e. The first-order chi connectivity index (χ1) is 32.7. The Labute approximate surface area is 379 Å². The molecule has 4 heteroatoms. The third kappa shape index (κ3) is 5.45. The minimum absolute atomic E-state index is 0.852. The summed E-state index contributed by atoms with van der Waals surface area (Å²) in [5.41, 5.74) is 14.3. The number of benzene rings is 11. The summed E-state index contributed by atoms with van der Waals surface area (Å²) in [6.45, 7) is 0. The van der Waals surface area contributed by atoms with E-state index in [2.05, 4.69) is 234 Å². The molecule has 0 bridgehead atoms. The van der Waals surface area contributed by atoms with Crippen LogP contribution in [0.1, 0.15) is 0 Å². The van der Waals surface area contributed by atoms with Crippen LogP contribution in [0.5, 0.6) is 0 Å². The van der Waals surface area contributed by atoms with Crippen LogP contribution in [0.2, 0.25) is 0 Å². The number of fused-ring (bicyclic) bond motifs is 12. The van der Waals surface area contributed by atoms with Gasteiger partial charge in [-0.15, -0.1) is 0 Å². The minimum Gasteiger partial charge on any atom is -0.456 e. The molecule has 66 heavy (non-hydrogen) atoms. The van der Waals surface area contributed by atoms with Gasteiger partial charge in [-0.2, -0.15) is 0 Å². The molecule has 0 aliphatic heterocycles. The third-order valence-electron chi connectivity index (χ3n) is 13.5. The average Bonchev–Trinajstić information content (AvgIpc) is 4.06. The van der Waals surface area contributed by atoms with Crippen molar-refractivity contribution in [1.82, 2.24) is 4.57 Å². The maximum absolute atomic E-state index is 6.92. The standard InChI is InChI=1S/C62H38N2O2/c1-2-20-43-40(17-1)36-57(45-22-4-3-21-44(43)45)64(56-31-12-7-25-48(56)50-28-16-34-60-61(50)51-27-9-14-33-59(51)65-60)42-37-52(62-53(38-42)49-26-8-13-32-58(49)66-62)39-18-15-19-41(35-39)63-54-29-10-5-23-46(54)47-24-6-11-30-55(47)63/h1-38H. The predicted molar refractivity (Wildman–Crippen MR) is 276 cm³/mol. The molecule has 11 aromatic carbocycles. The van der Waals surface area contributed by atoms with Gasteiger partial charge in [-0.3, -0.25) is 0 Å². The highest BCUT2D eigenvalue weighted by atomic mass is 16.3. The van der Waals surface area contributed by atoms with Gasteiger partial charge in [0.05, 0.1) is 22.4 Å². The second kappa shape index (κ2) is 14.3. The Morgan fingerprint density at radius 1 is 0.333 bits per heavy atom. The van der Waals surface area contributed by atoms with E-state index in [1.165, 1.54) is 38.0 Å². The van der Waals surface area contributed by atoms with Gasteiger partial charge in [0, 0.05) is 60.2 Å². The number of furan rings is 2. The van der Waals surface area contributed by atoms with Crippen LogP contribution >= 0.6 is 0 Å². The van der Waals surface area contributed by atoms with Gasteiger partial charge >= 0.3 is 0 Å². The summed E-state index contributed by atoms with van der Waals surface area (Å²) in [5.74, 6) is 0. The fourth-order valence-corrected chi connectivity index (χ4v) is 10.7. The Bertz CT molecular complexity index is 4210. The van der Waals surface area contributed by atoms with Crippen molar-refractivity contribution >= 4 is 104 Å². The lowest BCUT2D eigenvalue weighted by Gasteiger charge is -2.30. The predicted octanol–water partition coefficient (Wildman–Crippen LogP) is 17.7. The number of hydrogen-bond acceptors (Lipinski definition) is 3. The molecule has 0 fully saturated rings. The van der Waals surface area contributed by atoms with Gasteiger partial charge in [0.25, 0.3) is 0 Å². The van der Waals surface area contributed by atoms with E-state index in [0.717, 1.165) is 94.3 Å². The van der Waals surface area contributed by atoms with E-state index in [1.54, 1.807) is 0 Å². The Kier molecular flexibility index (Phi) is 7.95. The van der Waals surface area contributed by atoms with Crippen LogP contribution in [0.25, 0.3) is 115 Å². The van der Waals surface area contributed by atoms with Crippen molar-refractivity contribution in [1.29, 1.82) is 0 Å². The molecule has 308 valence electrons. The fraction of sp³-hybridized carbons (Fsp3) is 0. The molecule has 3 aromatic heterocycles. The van der Waals surface area contributed by atoms with Crippen LogP contribution in [0, 0.1) is 0 Å². The maximum Gasteiger partial charge on any atom is 0.143 e. The number of para-hydroxylation sites is 5. The van der Waals surface area contributed by atoms with Gasteiger partial charge in [0.2, 0.25) is 0 Å². The van der Waals surface area contributed by atoms with Crippen molar-refractivity contribution in [3.8, 4) is 27.9 Å². The van der Waals surface area contributed by atoms with Gasteiger partial charge in [-0.05, 0) is 94.0 Å². The average molecular weight is 843 g/mol. The zero-order valence-corrected chi connectivity index (χ0v) is 35.7. The molecular formula is C62H38N2O2. The summed E-state index contributed by atoms with van der Waals surface area (Å²) in [5, 5.41) is 11.5. The van der Waals surface area contributed by atoms with Gasteiger partial charge in [0.1, 0.15) is 22.3 Å². The van der Waals surface area contributed by atoms with Crippen LogP contribution in [0.3, 0.4) is 0 Å². The van der Waals surface area contributed by atoms with Crippen molar-refractivity contribution in [3.05, 3.63) is 231 Å². The number of nitrogens with zero attached hydrogens (tertiary/aromatic N) is 2. The molecule has 0 aliphatic rings. The minimum atomic E-state index is 0.852. The third-order valence-corrected chi connectivity index (χ3v) is 13.5. The Morgan fingerprint density at radius 3 is 1.73 bits per heavy atom. The zero-order chi connectivity index (χ0) is 43.3. The number of aromatic nitrogens is 1. The maximum atomic E-state index is 6.92. The van der Waals surface area contributed by atoms with Crippen LogP contribution in [0.15, 0.2) is 239 Å². The molecule has 14 rings (SSSR count). The van der Waals surface area contributed by atoms with Crippen molar-refractivity contribution in [2.24, 2.45) is 0 Å².